The number of amides is 1. The Hall–Kier alpha value is -1.64. The molecule has 0 saturated carbocycles. The van der Waals surface area contributed by atoms with E-state index in [9.17, 15) is 13.2 Å². The van der Waals surface area contributed by atoms with Crippen molar-refractivity contribution in [2.24, 2.45) is 5.73 Å². The maximum Gasteiger partial charge on any atom is 0.266 e. The van der Waals surface area contributed by atoms with E-state index >= 15 is 0 Å². The number of carbonyl (C=O) groups is 1. The fraction of sp³-hybridized carbons (Fsp3) is 0.300. The molecule has 0 aliphatic carbocycles. The van der Waals surface area contributed by atoms with Crippen LogP contribution in [0.2, 0.25) is 0 Å². The summed E-state index contributed by atoms with van der Waals surface area (Å²) in [6.07, 6.45) is 0. The number of rotatable bonds is 5. The van der Waals surface area contributed by atoms with Crippen molar-refractivity contribution in [2.45, 2.75) is 6.04 Å². The van der Waals surface area contributed by atoms with Crippen LogP contribution < -0.4 is 11.1 Å². The molecule has 0 spiro atoms. The van der Waals surface area contributed by atoms with E-state index < -0.39 is 27.8 Å². The zero-order valence-corrected chi connectivity index (χ0v) is 10.2. The van der Waals surface area contributed by atoms with Gasteiger partial charge in [0.15, 0.2) is 0 Å². The SMILES string of the molecule is NC(C(=O)NCCS(=O)(=O)O)c1ccc(O)cc1. The van der Waals surface area contributed by atoms with Crippen molar-refractivity contribution < 1.29 is 22.9 Å². The van der Waals surface area contributed by atoms with E-state index in [1.165, 1.54) is 24.3 Å². The van der Waals surface area contributed by atoms with Gasteiger partial charge in [0.2, 0.25) is 5.91 Å². The van der Waals surface area contributed by atoms with E-state index in [2.05, 4.69) is 5.32 Å². The molecule has 0 aromatic heterocycles. The Bertz CT molecular complexity index is 512. The smallest absolute Gasteiger partial charge is 0.266 e. The number of nitrogens with one attached hydrogen (secondary N) is 1. The third kappa shape index (κ3) is 4.70. The average molecular weight is 274 g/mol. The fourth-order valence-corrected chi connectivity index (χ4v) is 1.61. The number of aromatic hydroxyl groups is 1. The van der Waals surface area contributed by atoms with Gasteiger partial charge >= 0.3 is 0 Å². The highest BCUT2D eigenvalue weighted by molar-refractivity contribution is 7.85. The van der Waals surface area contributed by atoms with Gasteiger partial charge in [-0.2, -0.15) is 8.42 Å². The molecule has 0 aliphatic heterocycles. The molecule has 0 radical (unpaired) electrons. The first-order valence-electron chi connectivity index (χ1n) is 5.07. The van der Waals surface area contributed by atoms with E-state index in [0.717, 1.165) is 0 Å². The van der Waals surface area contributed by atoms with Crippen molar-refractivity contribution in [2.75, 3.05) is 12.3 Å². The zero-order chi connectivity index (χ0) is 13.8. The number of hydrogen-bond acceptors (Lipinski definition) is 5. The lowest BCUT2D eigenvalue weighted by molar-refractivity contribution is -0.122. The number of nitrogens with two attached hydrogens (primary N) is 1. The molecule has 1 rings (SSSR count). The van der Waals surface area contributed by atoms with Crippen LogP contribution in [-0.2, 0) is 14.9 Å². The van der Waals surface area contributed by atoms with Gasteiger partial charge < -0.3 is 16.2 Å². The lowest BCUT2D eigenvalue weighted by Crippen LogP contribution is -2.36. The Morgan fingerprint density at radius 3 is 2.39 bits per heavy atom. The van der Waals surface area contributed by atoms with E-state index in [-0.39, 0.29) is 12.3 Å². The number of hydrogen-bond donors (Lipinski definition) is 4. The third-order valence-electron chi connectivity index (χ3n) is 2.19. The number of carbonyl (C=O) groups excluding carboxylic acids is 1. The summed E-state index contributed by atoms with van der Waals surface area (Å²) in [4.78, 5) is 11.5. The van der Waals surface area contributed by atoms with Gasteiger partial charge in [0.25, 0.3) is 10.1 Å². The first-order valence-corrected chi connectivity index (χ1v) is 6.68. The van der Waals surface area contributed by atoms with Gasteiger partial charge in [0.05, 0.1) is 5.75 Å². The molecule has 1 aromatic rings. The Morgan fingerprint density at radius 2 is 1.89 bits per heavy atom. The quantitative estimate of drug-likeness (QED) is 0.530. The molecular formula is C10H14N2O5S. The second-order valence-corrected chi connectivity index (χ2v) is 5.22. The van der Waals surface area contributed by atoms with Crippen LogP contribution in [-0.4, -0.2) is 36.3 Å². The molecular weight excluding hydrogens is 260 g/mol. The highest BCUT2D eigenvalue weighted by Gasteiger charge is 2.16. The normalized spacial score (nSPS) is 13.0. The number of benzene rings is 1. The summed E-state index contributed by atoms with van der Waals surface area (Å²) in [5.74, 6) is -1.08. The summed E-state index contributed by atoms with van der Waals surface area (Å²) in [5.41, 5.74) is 6.12. The van der Waals surface area contributed by atoms with Crippen LogP contribution in [0.15, 0.2) is 24.3 Å². The number of phenols is 1. The van der Waals surface area contributed by atoms with Crippen molar-refractivity contribution in [3.05, 3.63) is 29.8 Å². The van der Waals surface area contributed by atoms with Gasteiger partial charge in [-0.3, -0.25) is 9.35 Å². The van der Waals surface area contributed by atoms with Gasteiger partial charge in [0, 0.05) is 6.54 Å². The minimum Gasteiger partial charge on any atom is -0.508 e. The molecule has 8 heteroatoms. The van der Waals surface area contributed by atoms with Gasteiger partial charge in [-0.05, 0) is 17.7 Å². The molecule has 7 nitrogen and oxygen atoms in total. The van der Waals surface area contributed by atoms with E-state index in [1.807, 2.05) is 0 Å². The van der Waals surface area contributed by atoms with Crippen molar-refractivity contribution in [1.82, 2.24) is 5.32 Å². The Kier molecular flexibility index (Phi) is 4.65. The molecule has 0 saturated heterocycles. The second-order valence-electron chi connectivity index (χ2n) is 3.65. The molecule has 0 aliphatic rings. The first kappa shape index (κ1) is 14.4. The van der Waals surface area contributed by atoms with Gasteiger partial charge in [-0.1, -0.05) is 12.1 Å². The third-order valence-corrected chi connectivity index (χ3v) is 2.91. The first-order chi connectivity index (χ1) is 8.29. The minimum absolute atomic E-state index is 0.0535. The highest BCUT2D eigenvalue weighted by atomic mass is 32.2. The molecule has 100 valence electrons. The lowest BCUT2D eigenvalue weighted by Gasteiger charge is -2.12. The summed E-state index contributed by atoms with van der Waals surface area (Å²) >= 11 is 0. The Labute approximate surface area is 104 Å². The van der Waals surface area contributed by atoms with Gasteiger partial charge in [-0.25, -0.2) is 0 Å². The maximum absolute atomic E-state index is 11.5. The molecule has 1 unspecified atom stereocenters. The summed E-state index contributed by atoms with van der Waals surface area (Å²) in [6, 6.07) is 4.79. The Balaban J connectivity index is 2.54. The minimum atomic E-state index is -4.10. The van der Waals surface area contributed by atoms with Crippen molar-refractivity contribution in [3.8, 4) is 5.75 Å². The van der Waals surface area contributed by atoms with Crippen LogP contribution in [0.3, 0.4) is 0 Å². The molecule has 18 heavy (non-hydrogen) atoms. The lowest BCUT2D eigenvalue weighted by atomic mass is 10.1. The van der Waals surface area contributed by atoms with E-state index in [0.29, 0.717) is 5.56 Å². The second kappa shape index (κ2) is 5.80. The predicted octanol–water partition coefficient (Wildman–Crippen LogP) is -0.604. The van der Waals surface area contributed by atoms with Crippen LogP contribution in [0.25, 0.3) is 0 Å². The van der Waals surface area contributed by atoms with Crippen molar-refractivity contribution in [1.29, 1.82) is 0 Å². The number of phenolic OH excluding ortho intramolecular Hbond substituents is 1. The average Bonchev–Trinajstić information content (AvgIpc) is 2.27. The summed E-state index contributed by atoms with van der Waals surface area (Å²) in [5, 5.41) is 11.4. The fourth-order valence-electron chi connectivity index (χ4n) is 1.25. The van der Waals surface area contributed by atoms with Gasteiger partial charge in [-0.15, -0.1) is 0 Å². The van der Waals surface area contributed by atoms with Crippen LogP contribution in [0.1, 0.15) is 11.6 Å². The standard InChI is InChI=1S/C10H14N2O5S/c11-9(7-1-3-8(13)4-2-7)10(14)12-5-6-18(15,16)17/h1-4,9,13H,5-6,11H2,(H,12,14)(H,15,16,17). The van der Waals surface area contributed by atoms with Crippen molar-refractivity contribution >= 4 is 16.0 Å². The van der Waals surface area contributed by atoms with Crippen LogP contribution in [0, 0.1) is 0 Å². The highest BCUT2D eigenvalue weighted by Crippen LogP contribution is 2.14. The van der Waals surface area contributed by atoms with Crippen LogP contribution >= 0.6 is 0 Å². The molecule has 0 heterocycles. The van der Waals surface area contributed by atoms with Crippen LogP contribution in [0.5, 0.6) is 5.75 Å². The zero-order valence-electron chi connectivity index (χ0n) is 9.41. The predicted molar refractivity (Wildman–Crippen MR) is 64.5 cm³/mol. The maximum atomic E-state index is 11.5. The summed E-state index contributed by atoms with van der Waals surface area (Å²) in [6.45, 7) is -0.219. The summed E-state index contributed by atoms with van der Waals surface area (Å²) in [7, 11) is -4.10. The molecule has 1 amide bonds. The van der Waals surface area contributed by atoms with Crippen molar-refractivity contribution in [3.63, 3.8) is 0 Å². The molecule has 5 N–H and O–H groups in total. The van der Waals surface area contributed by atoms with Gasteiger partial charge in [0.1, 0.15) is 11.8 Å². The molecule has 1 atom stereocenters. The molecule has 0 bridgehead atoms. The molecule has 1 aromatic carbocycles. The van der Waals surface area contributed by atoms with Crippen LogP contribution in [0.4, 0.5) is 0 Å². The Morgan fingerprint density at radius 1 is 1.33 bits per heavy atom. The molecule has 0 fully saturated rings. The topological polar surface area (TPSA) is 130 Å². The largest absolute Gasteiger partial charge is 0.508 e. The summed E-state index contributed by atoms with van der Waals surface area (Å²) < 4.78 is 29.3. The van der Waals surface area contributed by atoms with E-state index in [4.69, 9.17) is 15.4 Å². The monoisotopic (exact) mass is 274 g/mol. The van der Waals surface area contributed by atoms with E-state index in [1.54, 1.807) is 0 Å².